The summed E-state index contributed by atoms with van der Waals surface area (Å²) in [5.74, 6) is -0.248. The van der Waals surface area contributed by atoms with Gasteiger partial charge in [-0.05, 0) is 37.6 Å². The molecule has 2 rings (SSSR count). The highest BCUT2D eigenvalue weighted by Crippen LogP contribution is 2.15. The molecule has 1 aliphatic rings. The van der Waals surface area contributed by atoms with Crippen molar-refractivity contribution in [3.8, 4) is 0 Å². The summed E-state index contributed by atoms with van der Waals surface area (Å²) in [6.45, 7) is 7.84. The number of nitrogens with one attached hydrogen (secondary N) is 3. The molecule has 152 valence electrons. The van der Waals surface area contributed by atoms with Crippen LogP contribution in [0.5, 0.6) is 0 Å². The van der Waals surface area contributed by atoms with Crippen LogP contribution in [0.3, 0.4) is 0 Å². The van der Waals surface area contributed by atoms with Crippen molar-refractivity contribution in [2.24, 2.45) is 0 Å². The van der Waals surface area contributed by atoms with Crippen LogP contribution in [-0.4, -0.2) is 78.8 Å². The zero-order valence-electron chi connectivity index (χ0n) is 16.1. The number of aryl methyl sites for hydroxylation is 1. The van der Waals surface area contributed by atoms with E-state index in [1.54, 1.807) is 13.0 Å². The van der Waals surface area contributed by atoms with Gasteiger partial charge in [-0.1, -0.05) is 6.07 Å². The smallest absolute Gasteiger partial charge is 0.251 e. The van der Waals surface area contributed by atoms with E-state index in [1.807, 2.05) is 0 Å². The summed E-state index contributed by atoms with van der Waals surface area (Å²) in [7, 11) is -2.16. The molecule has 0 atom stereocenters. The number of methoxy groups -OCH3 is 1. The lowest BCUT2D eigenvalue weighted by atomic mass is 10.1. The first-order valence-electron chi connectivity index (χ1n) is 9.24. The van der Waals surface area contributed by atoms with Gasteiger partial charge in [-0.2, -0.15) is 0 Å². The lowest BCUT2D eigenvalue weighted by Crippen LogP contribution is -2.44. The highest BCUT2D eigenvalue weighted by atomic mass is 32.2. The molecule has 0 radical (unpaired) electrons. The van der Waals surface area contributed by atoms with E-state index in [-0.39, 0.29) is 24.0 Å². The van der Waals surface area contributed by atoms with E-state index in [0.29, 0.717) is 12.1 Å². The van der Waals surface area contributed by atoms with Gasteiger partial charge in [0, 0.05) is 51.9 Å². The lowest BCUT2D eigenvalue weighted by molar-refractivity contribution is 0.0950. The first-order valence-corrected chi connectivity index (χ1v) is 10.7. The summed E-state index contributed by atoms with van der Waals surface area (Å²) in [6.07, 6.45) is 0.862. The van der Waals surface area contributed by atoms with Crippen molar-refractivity contribution >= 4 is 15.9 Å². The van der Waals surface area contributed by atoms with E-state index < -0.39 is 10.0 Å². The number of piperazine rings is 1. The Balaban J connectivity index is 1.91. The fourth-order valence-electron chi connectivity index (χ4n) is 2.91. The summed E-state index contributed by atoms with van der Waals surface area (Å²) in [5.41, 5.74) is 1.12. The number of rotatable bonds is 10. The van der Waals surface area contributed by atoms with Gasteiger partial charge in [-0.15, -0.1) is 0 Å². The van der Waals surface area contributed by atoms with E-state index >= 15 is 0 Å². The quantitative estimate of drug-likeness (QED) is 0.478. The molecule has 1 aromatic rings. The maximum Gasteiger partial charge on any atom is 0.251 e. The highest BCUT2D eigenvalue weighted by Gasteiger charge is 2.17. The molecule has 27 heavy (non-hydrogen) atoms. The highest BCUT2D eigenvalue weighted by molar-refractivity contribution is 7.89. The van der Waals surface area contributed by atoms with Crippen LogP contribution in [0.15, 0.2) is 23.1 Å². The molecule has 0 bridgehead atoms. The van der Waals surface area contributed by atoms with Gasteiger partial charge < -0.3 is 20.3 Å². The Hall–Kier alpha value is -1.52. The van der Waals surface area contributed by atoms with Crippen LogP contribution in [-0.2, 0) is 14.8 Å². The maximum atomic E-state index is 12.5. The number of carbonyl (C=O) groups is 1. The van der Waals surface area contributed by atoms with Crippen LogP contribution in [0.1, 0.15) is 22.3 Å². The normalized spacial score (nSPS) is 15.6. The molecule has 1 aromatic carbocycles. The van der Waals surface area contributed by atoms with Gasteiger partial charge in [-0.25, -0.2) is 13.1 Å². The third-order valence-electron chi connectivity index (χ3n) is 4.51. The zero-order chi connectivity index (χ0) is 19.7. The van der Waals surface area contributed by atoms with E-state index in [1.165, 1.54) is 19.2 Å². The molecule has 1 fully saturated rings. The van der Waals surface area contributed by atoms with Crippen LogP contribution >= 0.6 is 0 Å². The van der Waals surface area contributed by atoms with Crippen LogP contribution in [0.4, 0.5) is 0 Å². The molecule has 1 amide bonds. The summed E-state index contributed by atoms with van der Waals surface area (Å²) in [6, 6.07) is 4.59. The van der Waals surface area contributed by atoms with Crippen molar-refractivity contribution in [1.29, 1.82) is 0 Å². The summed E-state index contributed by atoms with van der Waals surface area (Å²) >= 11 is 0. The molecule has 0 spiro atoms. The minimum Gasteiger partial charge on any atom is -0.383 e. The molecule has 0 aliphatic carbocycles. The molecule has 0 unspecified atom stereocenters. The predicted octanol–water partition coefficient (Wildman–Crippen LogP) is -0.0552. The number of sulfonamides is 1. The number of amides is 1. The van der Waals surface area contributed by atoms with Crippen LogP contribution in [0.25, 0.3) is 0 Å². The van der Waals surface area contributed by atoms with Gasteiger partial charge in [0.25, 0.3) is 5.91 Å². The minimum atomic E-state index is -3.67. The first kappa shape index (κ1) is 21.8. The molecule has 1 saturated heterocycles. The first-order chi connectivity index (χ1) is 12.9. The largest absolute Gasteiger partial charge is 0.383 e. The third-order valence-corrected chi connectivity index (χ3v) is 5.97. The third kappa shape index (κ3) is 6.86. The number of carbonyl (C=O) groups excluding carboxylic acids is 1. The molecular weight excluding hydrogens is 368 g/mol. The number of ether oxygens (including phenoxy) is 1. The van der Waals surface area contributed by atoms with Crippen molar-refractivity contribution in [3.05, 3.63) is 29.3 Å². The lowest BCUT2D eigenvalue weighted by Gasteiger charge is -2.27. The number of benzene rings is 1. The molecular formula is C18H30N4O4S. The van der Waals surface area contributed by atoms with Gasteiger partial charge in [-0.3, -0.25) is 4.79 Å². The second-order valence-corrected chi connectivity index (χ2v) is 8.34. The molecule has 1 aliphatic heterocycles. The van der Waals surface area contributed by atoms with Gasteiger partial charge >= 0.3 is 0 Å². The fourth-order valence-corrected chi connectivity index (χ4v) is 3.95. The van der Waals surface area contributed by atoms with Crippen molar-refractivity contribution in [2.75, 3.05) is 59.5 Å². The average molecular weight is 399 g/mol. The van der Waals surface area contributed by atoms with Crippen LogP contribution < -0.4 is 15.4 Å². The van der Waals surface area contributed by atoms with Crippen molar-refractivity contribution < 1.29 is 17.9 Å². The Kier molecular flexibility index (Phi) is 8.65. The minimum absolute atomic E-state index is 0.0789. The zero-order valence-corrected chi connectivity index (χ0v) is 16.9. The second-order valence-electron chi connectivity index (χ2n) is 6.57. The topological polar surface area (TPSA) is 99.8 Å². The van der Waals surface area contributed by atoms with E-state index in [2.05, 4.69) is 20.3 Å². The Labute approximate surface area is 161 Å². The molecule has 0 aromatic heterocycles. The van der Waals surface area contributed by atoms with Gasteiger partial charge in [0.1, 0.15) is 0 Å². The van der Waals surface area contributed by atoms with Gasteiger partial charge in [0.15, 0.2) is 0 Å². The van der Waals surface area contributed by atoms with E-state index in [0.717, 1.165) is 44.7 Å². The Morgan fingerprint density at radius 2 is 2.00 bits per heavy atom. The Bertz CT molecular complexity index is 718. The maximum absolute atomic E-state index is 12.5. The number of hydrogen-bond donors (Lipinski definition) is 3. The predicted molar refractivity (Wildman–Crippen MR) is 105 cm³/mol. The number of nitrogens with zero attached hydrogens (tertiary/aromatic N) is 1. The summed E-state index contributed by atoms with van der Waals surface area (Å²) in [4.78, 5) is 14.9. The van der Waals surface area contributed by atoms with Crippen LogP contribution in [0.2, 0.25) is 0 Å². The summed E-state index contributed by atoms with van der Waals surface area (Å²) in [5, 5.41) is 6.21. The van der Waals surface area contributed by atoms with Crippen LogP contribution in [0, 0.1) is 6.92 Å². The molecule has 0 saturated carbocycles. The molecule has 9 heteroatoms. The number of hydrogen-bond acceptors (Lipinski definition) is 6. The monoisotopic (exact) mass is 398 g/mol. The van der Waals surface area contributed by atoms with Gasteiger partial charge in [0.05, 0.1) is 11.5 Å². The van der Waals surface area contributed by atoms with Crippen molar-refractivity contribution in [2.45, 2.75) is 18.2 Å². The molecule has 1 heterocycles. The SMILES string of the molecule is COCCNS(=O)(=O)c1ccc(C)c(C(=O)NCCCN2CCNCC2)c1. The van der Waals surface area contributed by atoms with Crippen molar-refractivity contribution in [1.82, 2.24) is 20.3 Å². The Morgan fingerprint density at radius 3 is 2.70 bits per heavy atom. The van der Waals surface area contributed by atoms with E-state index in [4.69, 9.17) is 4.74 Å². The Morgan fingerprint density at radius 1 is 1.26 bits per heavy atom. The second kappa shape index (κ2) is 10.7. The average Bonchev–Trinajstić information content (AvgIpc) is 2.66. The summed E-state index contributed by atoms with van der Waals surface area (Å²) < 4.78 is 31.9. The van der Waals surface area contributed by atoms with Crippen molar-refractivity contribution in [3.63, 3.8) is 0 Å². The van der Waals surface area contributed by atoms with E-state index in [9.17, 15) is 13.2 Å². The molecule has 3 N–H and O–H groups in total. The molecule has 8 nitrogen and oxygen atoms in total. The fraction of sp³-hybridized carbons (Fsp3) is 0.611. The van der Waals surface area contributed by atoms with Gasteiger partial charge in [0.2, 0.25) is 10.0 Å². The standard InChI is InChI=1S/C18H30N4O4S/c1-15-4-5-16(27(24,25)21-9-13-26-2)14-17(15)18(23)20-6-3-10-22-11-7-19-8-12-22/h4-5,14,19,21H,3,6-13H2,1-2H3,(H,20,23).